The van der Waals surface area contributed by atoms with Crippen molar-refractivity contribution in [1.82, 2.24) is 4.98 Å². The first kappa shape index (κ1) is 16.5. The zero-order chi connectivity index (χ0) is 16.2. The highest BCUT2D eigenvalue weighted by Gasteiger charge is 2.37. The van der Waals surface area contributed by atoms with Crippen LogP contribution in [0, 0.1) is 10.1 Å². The molecule has 0 saturated heterocycles. The van der Waals surface area contributed by atoms with Gasteiger partial charge < -0.3 is 24.3 Å². The smallest absolute Gasteiger partial charge is 0.469 e. The van der Waals surface area contributed by atoms with Crippen molar-refractivity contribution < 1.29 is 37.1 Å². The van der Waals surface area contributed by atoms with Crippen LogP contribution in [0.25, 0.3) is 0 Å². The summed E-state index contributed by atoms with van der Waals surface area (Å²) in [6, 6.07) is 0.681. The molecule has 0 amide bonds. The number of carbonyl (C=O) groups is 1. The predicted octanol–water partition coefficient (Wildman–Crippen LogP) is 1.61. The summed E-state index contributed by atoms with van der Waals surface area (Å²) >= 11 is 0. The molecule has 21 heavy (non-hydrogen) atoms. The summed E-state index contributed by atoms with van der Waals surface area (Å²) in [6.45, 7) is 0. The Balaban J connectivity index is 3.41. The average molecular weight is 310 g/mol. The minimum absolute atomic E-state index is 0.433. The molecule has 1 heterocycles. The minimum atomic E-state index is -5.09. The third-order valence-electron chi connectivity index (χ3n) is 2.17. The van der Waals surface area contributed by atoms with E-state index in [4.69, 9.17) is 0 Å². The highest BCUT2D eigenvalue weighted by atomic mass is 19.4. The van der Waals surface area contributed by atoms with E-state index in [0.29, 0.717) is 6.07 Å². The molecule has 0 unspecified atom stereocenters. The van der Waals surface area contributed by atoms with Gasteiger partial charge in [-0.25, -0.2) is 0 Å². The Kier molecular flexibility index (Phi) is 4.89. The van der Waals surface area contributed by atoms with E-state index in [2.05, 4.69) is 19.2 Å². The lowest BCUT2D eigenvalue weighted by molar-refractivity contribution is -0.389. The molecule has 1 aromatic rings. The maximum absolute atomic E-state index is 12.4. The van der Waals surface area contributed by atoms with Crippen molar-refractivity contribution in [2.75, 3.05) is 14.2 Å². The van der Waals surface area contributed by atoms with Crippen molar-refractivity contribution in [3.63, 3.8) is 0 Å². The van der Waals surface area contributed by atoms with E-state index in [0.717, 1.165) is 14.2 Å². The second-order valence-corrected chi connectivity index (χ2v) is 3.54. The second kappa shape index (κ2) is 6.24. The van der Waals surface area contributed by atoms with Crippen LogP contribution in [0.1, 0.15) is 5.56 Å². The van der Waals surface area contributed by atoms with E-state index in [1.165, 1.54) is 0 Å². The molecule has 1 aromatic heterocycles. The van der Waals surface area contributed by atoms with Crippen LogP contribution in [0.2, 0.25) is 0 Å². The monoisotopic (exact) mass is 310 g/mol. The summed E-state index contributed by atoms with van der Waals surface area (Å²) in [4.78, 5) is 24.2. The number of nitrogens with zero attached hydrogens (tertiary/aromatic N) is 2. The van der Waals surface area contributed by atoms with E-state index in [-0.39, 0.29) is 0 Å². The Morgan fingerprint density at radius 1 is 1.43 bits per heavy atom. The minimum Gasteiger partial charge on any atom is -0.469 e. The fourth-order valence-corrected chi connectivity index (χ4v) is 1.36. The van der Waals surface area contributed by atoms with Gasteiger partial charge in [0.05, 0.1) is 20.6 Å². The molecule has 1 rings (SSSR count). The van der Waals surface area contributed by atoms with Crippen LogP contribution in [0.3, 0.4) is 0 Å². The summed E-state index contributed by atoms with van der Waals surface area (Å²) in [5, 5.41) is 10.7. The number of halogens is 3. The van der Waals surface area contributed by atoms with E-state index in [9.17, 15) is 28.1 Å². The molecule has 0 saturated carbocycles. The summed E-state index contributed by atoms with van der Waals surface area (Å²) in [5.74, 6) is -3.40. The fraction of sp³-hybridized carbons (Fsp3) is 0.400. The molecule has 0 aliphatic rings. The summed E-state index contributed by atoms with van der Waals surface area (Å²) in [5.41, 5.74) is -0.433. The molecule has 0 fully saturated rings. The first-order valence-electron chi connectivity index (χ1n) is 5.22. The van der Waals surface area contributed by atoms with Gasteiger partial charge in [0, 0.05) is 16.6 Å². The Bertz CT molecular complexity index is 560. The van der Waals surface area contributed by atoms with Gasteiger partial charge in [0.1, 0.15) is 0 Å². The maximum Gasteiger partial charge on any atom is 0.573 e. The number of methoxy groups -OCH3 is 2. The number of hydrogen-bond acceptors (Lipinski definition) is 7. The molecule has 0 aliphatic heterocycles. The molecule has 116 valence electrons. The van der Waals surface area contributed by atoms with Crippen LogP contribution in [0.15, 0.2) is 6.07 Å². The number of hydrogen-bond donors (Lipinski definition) is 0. The first-order valence-corrected chi connectivity index (χ1v) is 5.22. The van der Waals surface area contributed by atoms with Crippen LogP contribution >= 0.6 is 0 Å². The van der Waals surface area contributed by atoms with E-state index < -0.39 is 46.7 Å². The van der Waals surface area contributed by atoms with Gasteiger partial charge in [-0.05, 0) is 4.92 Å². The van der Waals surface area contributed by atoms with Gasteiger partial charge in [-0.1, -0.05) is 0 Å². The number of aromatic nitrogens is 1. The quantitative estimate of drug-likeness (QED) is 0.462. The number of esters is 1. The third kappa shape index (κ3) is 4.47. The van der Waals surface area contributed by atoms with Gasteiger partial charge in [-0.15, -0.1) is 13.2 Å². The lowest BCUT2D eigenvalue weighted by atomic mass is 10.1. The Labute approximate surface area is 115 Å². The standard InChI is InChI=1S/C10H9F3N2O6/c1-19-7(16)4-5-3-6(15(17)18)14-9(20-2)8(5)21-10(11,12)13/h3H,4H2,1-2H3. The van der Waals surface area contributed by atoms with Crippen molar-refractivity contribution in [1.29, 1.82) is 0 Å². The zero-order valence-corrected chi connectivity index (χ0v) is 10.8. The number of nitro groups is 1. The third-order valence-corrected chi connectivity index (χ3v) is 2.17. The maximum atomic E-state index is 12.4. The predicted molar refractivity (Wildman–Crippen MR) is 59.8 cm³/mol. The SMILES string of the molecule is COC(=O)Cc1cc([N+](=O)[O-])nc(OC)c1OC(F)(F)F. The van der Waals surface area contributed by atoms with Crippen molar-refractivity contribution in [3.05, 3.63) is 21.7 Å². The fourth-order valence-electron chi connectivity index (χ4n) is 1.36. The number of carbonyl (C=O) groups excluding carboxylic acids is 1. The zero-order valence-electron chi connectivity index (χ0n) is 10.8. The normalized spacial score (nSPS) is 10.9. The Morgan fingerprint density at radius 2 is 2.05 bits per heavy atom. The van der Waals surface area contributed by atoms with Crippen molar-refractivity contribution in [3.8, 4) is 11.6 Å². The lowest BCUT2D eigenvalue weighted by Gasteiger charge is -2.13. The number of rotatable bonds is 5. The van der Waals surface area contributed by atoms with E-state index in [1.54, 1.807) is 0 Å². The van der Waals surface area contributed by atoms with Gasteiger partial charge in [-0.2, -0.15) is 0 Å². The van der Waals surface area contributed by atoms with Crippen LogP contribution in [0.4, 0.5) is 19.0 Å². The molecule has 8 nitrogen and oxygen atoms in total. The van der Waals surface area contributed by atoms with Gasteiger partial charge in [0.15, 0.2) is 0 Å². The number of alkyl halides is 3. The first-order chi connectivity index (χ1) is 9.67. The summed E-state index contributed by atoms with van der Waals surface area (Å²) < 4.78 is 49.7. The molecule has 0 atom stereocenters. The van der Waals surface area contributed by atoms with Crippen molar-refractivity contribution >= 4 is 11.8 Å². The highest BCUT2D eigenvalue weighted by Crippen LogP contribution is 2.36. The summed E-state index contributed by atoms with van der Waals surface area (Å²) in [7, 11) is 1.97. The molecule has 11 heteroatoms. The van der Waals surface area contributed by atoms with Crippen LogP contribution < -0.4 is 9.47 Å². The molecule has 0 bridgehead atoms. The van der Waals surface area contributed by atoms with Crippen LogP contribution in [0.5, 0.6) is 11.6 Å². The molecular weight excluding hydrogens is 301 g/mol. The van der Waals surface area contributed by atoms with Gasteiger partial charge >= 0.3 is 24.0 Å². The number of ether oxygens (including phenoxy) is 3. The van der Waals surface area contributed by atoms with Gasteiger partial charge in [0.25, 0.3) is 0 Å². The molecule has 0 radical (unpaired) electrons. The lowest BCUT2D eigenvalue weighted by Crippen LogP contribution is -2.20. The average Bonchev–Trinajstić information content (AvgIpc) is 2.38. The molecule has 0 aliphatic carbocycles. The summed E-state index contributed by atoms with van der Waals surface area (Å²) in [6.07, 6.45) is -5.77. The molecular formula is C10H9F3N2O6. The highest BCUT2D eigenvalue weighted by molar-refractivity contribution is 5.74. The molecule has 0 spiro atoms. The molecule has 0 aromatic carbocycles. The van der Waals surface area contributed by atoms with Gasteiger partial charge in [0.2, 0.25) is 5.75 Å². The number of pyridine rings is 1. The Morgan fingerprint density at radius 3 is 2.48 bits per heavy atom. The van der Waals surface area contributed by atoms with E-state index >= 15 is 0 Å². The van der Waals surface area contributed by atoms with Crippen LogP contribution in [-0.4, -0.2) is 36.5 Å². The Hall–Kier alpha value is -2.59. The second-order valence-electron chi connectivity index (χ2n) is 3.54. The van der Waals surface area contributed by atoms with Crippen molar-refractivity contribution in [2.45, 2.75) is 12.8 Å². The topological polar surface area (TPSA) is 101 Å². The van der Waals surface area contributed by atoms with Crippen LogP contribution in [-0.2, 0) is 16.0 Å². The van der Waals surface area contributed by atoms with E-state index in [1.807, 2.05) is 0 Å². The molecule has 0 N–H and O–H groups in total. The van der Waals surface area contributed by atoms with Gasteiger partial charge in [-0.3, -0.25) is 4.79 Å². The van der Waals surface area contributed by atoms with Crippen molar-refractivity contribution in [2.24, 2.45) is 0 Å². The largest absolute Gasteiger partial charge is 0.573 e.